The quantitative estimate of drug-likeness (QED) is 0.826. The van der Waals surface area contributed by atoms with Crippen molar-refractivity contribution in [3.8, 4) is 0 Å². The number of halogens is 1. The summed E-state index contributed by atoms with van der Waals surface area (Å²) in [6.07, 6.45) is 0. The van der Waals surface area contributed by atoms with E-state index in [0.29, 0.717) is 12.3 Å². The second-order valence-corrected chi connectivity index (χ2v) is 5.04. The lowest BCUT2D eigenvalue weighted by Gasteiger charge is -2.13. The first-order chi connectivity index (χ1) is 7.49. The second kappa shape index (κ2) is 5.73. The van der Waals surface area contributed by atoms with Crippen LogP contribution in [-0.2, 0) is 0 Å². The highest BCUT2D eigenvalue weighted by molar-refractivity contribution is 9.10. The smallest absolute Gasteiger partial charge is 0.251 e. The number of thiol groups is 1. The summed E-state index contributed by atoms with van der Waals surface area (Å²) in [6, 6.07) is 2.02. The van der Waals surface area contributed by atoms with Gasteiger partial charge in [0.05, 0.1) is 0 Å². The first kappa shape index (κ1) is 13.6. The maximum absolute atomic E-state index is 11.9. The van der Waals surface area contributed by atoms with Crippen molar-refractivity contribution in [2.75, 3.05) is 12.3 Å². The van der Waals surface area contributed by atoms with Crippen molar-refractivity contribution in [2.45, 2.75) is 20.8 Å². The summed E-state index contributed by atoms with van der Waals surface area (Å²) in [5.41, 5.74) is 3.92. The Kier molecular flexibility index (Phi) is 4.87. The van der Waals surface area contributed by atoms with Crippen LogP contribution in [0.5, 0.6) is 0 Å². The fourth-order valence-electron chi connectivity index (χ4n) is 1.77. The molecule has 0 fully saturated rings. The van der Waals surface area contributed by atoms with E-state index in [0.717, 1.165) is 26.7 Å². The number of rotatable bonds is 3. The molecule has 16 heavy (non-hydrogen) atoms. The molecule has 0 aliphatic carbocycles. The van der Waals surface area contributed by atoms with Crippen LogP contribution in [0, 0.1) is 20.8 Å². The Balaban J connectivity index is 3.13. The Morgan fingerprint density at radius 1 is 1.38 bits per heavy atom. The molecule has 1 aromatic rings. The zero-order valence-electron chi connectivity index (χ0n) is 9.72. The lowest BCUT2D eigenvalue weighted by molar-refractivity contribution is 0.0955. The SMILES string of the molecule is Cc1cc(C)c(C(=O)NCCS)c(C)c1Br. The predicted octanol–water partition coefficient (Wildman–Crippen LogP) is 3.03. The molecule has 0 aromatic heterocycles. The standard InChI is InChI=1S/C12H16BrNOS/c1-7-6-8(2)11(13)9(3)10(7)12(15)14-4-5-16/h6,16H,4-5H2,1-3H3,(H,14,15). The highest BCUT2D eigenvalue weighted by Crippen LogP contribution is 2.26. The van der Waals surface area contributed by atoms with Crippen LogP contribution in [-0.4, -0.2) is 18.2 Å². The molecule has 4 heteroatoms. The predicted molar refractivity (Wildman–Crippen MR) is 74.5 cm³/mol. The van der Waals surface area contributed by atoms with E-state index < -0.39 is 0 Å². The zero-order chi connectivity index (χ0) is 12.3. The zero-order valence-corrected chi connectivity index (χ0v) is 12.2. The van der Waals surface area contributed by atoms with Gasteiger partial charge in [0.25, 0.3) is 5.91 Å². The van der Waals surface area contributed by atoms with Crippen LogP contribution in [0.3, 0.4) is 0 Å². The molecule has 0 aliphatic rings. The van der Waals surface area contributed by atoms with Crippen molar-refractivity contribution in [2.24, 2.45) is 0 Å². The molecule has 0 saturated carbocycles. The Morgan fingerprint density at radius 2 is 2.00 bits per heavy atom. The molecule has 2 nitrogen and oxygen atoms in total. The minimum absolute atomic E-state index is 0.0234. The van der Waals surface area contributed by atoms with E-state index in [2.05, 4.69) is 33.9 Å². The molecule has 0 heterocycles. The third kappa shape index (κ3) is 2.80. The summed E-state index contributed by atoms with van der Waals surface area (Å²) in [5, 5.41) is 2.84. The fourth-order valence-corrected chi connectivity index (χ4v) is 2.19. The van der Waals surface area contributed by atoms with Crippen molar-refractivity contribution in [1.29, 1.82) is 0 Å². The Bertz CT molecular complexity index is 418. The van der Waals surface area contributed by atoms with E-state index in [1.807, 2.05) is 26.8 Å². The van der Waals surface area contributed by atoms with Gasteiger partial charge in [0.15, 0.2) is 0 Å². The van der Waals surface area contributed by atoms with Gasteiger partial charge >= 0.3 is 0 Å². The van der Waals surface area contributed by atoms with Crippen LogP contribution in [0.15, 0.2) is 10.5 Å². The van der Waals surface area contributed by atoms with E-state index >= 15 is 0 Å². The van der Waals surface area contributed by atoms with E-state index in [4.69, 9.17) is 0 Å². The minimum Gasteiger partial charge on any atom is -0.351 e. The van der Waals surface area contributed by atoms with Gasteiger partial charge in [0, 0.05) is 22.3 Å². The normalized spacial score (nSPS) is 10.3. The van der Waals surface area contributed by atoms with E-state index in [-0.39, 0.29) is 5.91 Å². The summed E-state index contributed by atoms with van der Waals surface area (Å²) in [7, 11) is 0. The highest BCUT2D eigenvalue weighted by atomic mass is 79.9. The van der Waals surface area contributed by atoms with Crippen molar-refractivity contribution >= 4 is 34.5 Å². The largest absolute Gasteiger partial charge is 0.351 e. The van der Waals surface area contributed by atoms with Gasteiger partial charge in [0.2, 0.25) is 0 Å². The molecular formula is C12H16BrNOS. The number of carbonyl (C=O) groups excluding carboxylic acids is 1. The summed E-state index contributed by atoms with van der Waals surface area (Å²) in [6.45, 7) is 6.54. The van der Waals surface area contributed by atoms with Gasteiger partial charge in [-0.2, -0.15) is 12.6 Å². The molecule has 0 aliphatic heterocycles. The Hall–Kier alpha value is -0.480. The molecule has 1 amide bonds. The van der Waals surface area contributed by atoms with Crippen LogP contribution in [0.25, 0.3) is 0 Å². The number of aryl methyl sites for hydroxylation is 2. The van der Waals surface area contributed by atoms with Gasteiger partial charge in [-0.25, -0.2) is 0 Å². The molecule has 0 atom stereocenters. The van der Waals surface area contributed by atoms with E-state index in [9.17, 15) is 4.79 Å². The topological polar surface area (TPSA) is 29.1 Å². The van der Waals surface area contributed by atoms with Gasteiger partial charge in [-0.3, -0.25) is 4.79 Å². The number of hydrogen-bond donors (Lipinski definition) is 2. The van der Waals surface area contributed by atoms with Gasteiger partial charge in [-0.05, 0) is 37.5 Å². The molecule has 0 saturated heterocycles. The molecule has 1 aromatic carbocycles. The third-order valence-corrected chi connectivity index (χ3v) is 3.95. The Morgan fingerprint density at radius 3 is 2.56 bits per heavy atom. The maximum Gasteiger partial charge on any atom is 0.251 e. The van der Waals surface area contributed by atoms with Crippen LogP contribution < -0.4 is 5.32 Å². The molecular weight excluding hydrogens is 286 g/mol. The van der Waals surface area contributed by atoms with Crippen LogP contribution in [0.1, 0.15) is 27.0 Å². The van der Waals surface area contributed by atoms with Crippen LogP contribution in [0.2, 0.25) is 0 Å². The Labute approximate surface area is 110 Å². The maximum atomic E-state index is 11.9. The molecule has 0 bridgehead atoms. The summed E-state index contributed by atoms with van der Waals surface area (Å²) in [5.74, 6) is 0.626. The van der Waals surface area contributed by atoms with Gasteiger partial charge < -0.3 is 5.32 Å². The number of benzene rings is 1. The molecule has 88 valence electrons. The highest BCUT2D eigenvalue weighted by Gasteiger charge is 2.15. The summed E-state index contributed by atoms with van der Waals surface area (Å²) >= 11 is 7.58. The van der Waals surface area contributed by atoms with E-state index in [1.165, 1.54) is 0 Å². The lowest BCUT2D eigenvalue weighted by Crippen LogP contribution is -2.27. The number of nitrogens with one attached hydrogen (secondary N) is 1. The first-order valence-corrected chi connectivity index (χ1v) is 6.57. The summed E-state index contributed by atoms with van der Waals surface area (Å²) in [4.78, 5) is 11.9. The van der Waals surface area contributed by atoms with Crippen molar-refractivity contribution in [3.05, 3.63) is 32.8 Å². The van der Waals surface area contributed by atoms with Gasteiger partial charge in [0.1, 0.15) is 0 Å². The average molecular weight is 302 g/mol. The molecule has 0 radical (unpaired) electrons. The van der Waals surface area contributed by atoms with Crippen molar-refractivity contribution < 1.29 is 4.79 Å². The number of hydrogen-bond acceptors (Lipinski definition) is 2. The minimum atomic E-state index is -0.0234. The van der Waals surface area contributed by atoms with Crippen LogP contribution >= 0.6 is 28.6 Å². The van der Waals surface area contributed by atoms with Crippen LogP contribution in [0.4, 0.5) is 0 Å². The molecule has 0 unspecified atom stereocenters. The fraction of sp³-hybridized carbons (Fsp3) is 0.417. The molecule has 1 N–H and O–H groups in total. The number of carbonyl (C=O) groups is 1. The summed E-state index contributed by atoms with van der Waals surface area (Å²) < 4.78 is 1.01. The first-order valence-electron chi connectivity index (χ1n) is 5.14. The molecule has 1 rings (SSSR count). The average Bonchev–Trinajstić information content (AvgIpc) is 2.23. The van der Waals surface area contributed by atoms with Gasteiger partial charge in [-0.1, -0.05) is 22.0 Å². The van der Waals surface area contributed by atoms with Crippen molar-refractivity contribution in [1.82, 2.24) is 5.32 Å². The lowest BCUT2D eigenvalue weighted by atomic mass is 9.99. The number of amides is 1. The van der Waals surface area contributed by atoms with E-state index in [1.54, 1.807) is 0 Å². The monoisotopic (exact) mass is 301 g/mol. The molecule has 0 spiro atoms. The van der Waals surface area contributed by atoms with Gasteiger partial charge in [-0.15, -0.1) is 0 Å². The second-order valence-electron chi connectivity index (χ2n) is 3.80. The third-order valence-electron chi connectivity index (χ3n) is 2.50. The van der Waals surface area contributed by atoms with Crippen molar-refractivity contribution in [3.63, 3.8) is 0 Å².